The summed E-state index contributed by atoms with van der Waals surface area (Å²) in [6.07, 6.45) is 1.57. The zero-order valence-corrected chi connectivity index (χ0v) is 19.1. The van der Waals surface area contributed by atoms with E-state index >= 15 is 0 Å². The number of aromatic nitrogens is 2. The van der Waals surface area contributed by atoms with Gasteiger partial charge < -0.3 is 15.1 Å². The molecule has 0 radical (unpaired) electrons. The Morgan fingerprint density at radius 1 is 0.939 bits per heavy atom. The van der Waals surface area contributed by atoms with Crippen LogP contribution in [-0.2, 0) is 4.79 Å². The van der Waals surface area contributed by atoms with E-state index in [9.17, 15) is 14.4 Å². The fourth-order valence-electron chi connectivity index (χ4n) is 3.60. The lowest BCUT2D eigenvalue weighted by Crippen LogP contribution is -2.51. The minimum absolute atomic E-state index is 0.0839. The lowest BCUT2D eigenvalue weighted by molar-refractivity contribution is -0.130. The van der Waals surface area contributed by atoms with E-state index < -0.39 is 11.5 Å². The number of hydrogen-bond donors (Lipinski definition) is 1. The molecule has 0 unspecified atom stereocenters. The van der Waals surface area contributed by atoms with E-state index in [2.05, 4.69) is 10.4 Å². The van der Waals surface area contributed by atoms with E-state index in [-0.39, 0.29) is 17.5 Å². The predicted molar refractivity (Wildman–Crippen MR) is 127 cm³/mol. The standard InChI is InChI=1S/C23H21Cl2N5O3/c24-18-9-5-4-8-17(18)22(32)26-15-20(31)29-12-10-28(11-13-29)19-14-27-30(23(33)21(19)25)16-6-2-1-3-7-16/h1-9,14H,10-13,15H2,(H,26,32). The van der Waals surface area contributed by atoms with Crippen LogP contribution in [0.15, 0.2) is 65.6 Å². The van der Waals surface area contributed by atoms with Crippen molar-refractivity contribution in [3.63, 3.8) is 0 Å². The molecule has 1 fully saturated rings. The number of carbonyl (C=O) groups is 2. The third kappa shape index (κ3) is 5.02. The Morgan fingerprint density at radius 3 is 2.30 bits per heavy atom. The van der Waals surface area contributed by atoms with E-state index in [0.29, 0.717) is 48.1 Å². The average Bonchev–Trinajstić information content (AvgIpc) is 2.85. The first-order valence-electron chi connectivity index (χ1n) is 10.3. The van der Waals surface area contributed by atoms with E-state index in [0.717, 1.165) is 0 Å². The van der Waals surface area contributed by atoms with Crippen molar-refractivity contribution in [3.05, 3.63) is 86.8 Å². The molecule has 10 heteroatoms. The highest BCUT2D eigenvalue weighted by molar-refractivity contribution is 6.34. The molecule has 3 aromatic rings. The molecule has 1 aliphatic rings. The summed E-state index contributed by atoms with van der Waals surface area (Å²) in [6.45, 7) is 1.71. The van der Waals surface area contributed by atoms with Crippen molar-refractivity contribution in [3.8, 4) is 5.69 Å². The number of nitrogens with zero attached hydrogens (tertiary/aromatic N) is 4. The molecule has 2 amide bonds. The molecular formula is C23H21Cl2N5O3. The van der Waals surface area contributed by atoms with Gasteiger partial charge in [-0.3, -0.25) is 14.4 Å². The fourth-order valence-corrected chi connectivity index (χ4v) is 4.07. The monoisotopic (exact) mass is 485 g/mol. The van der Waals surface area contributed by atoms with E-state index in [1.54, 1.807) is 47.5 Å². The number of benzene rings is 2. The van der Waals surface area contributed by atoms with Crippen LogP contribution in [0, 0.1) is 0 Å². The number of amides is 2. The topological polar surface area (TPSA) is 87.5 Å². The van der Waals surface area contributed by atoms with Crippen molar-refractivity contribution in [2.75, 3.05) is 37.6 Å². The summed E-state index contributed by atoms with van der Waals surface area (Å²) >= 11 is 12.4. The van der Waals surface area contributed by atoms with Crippen LogP contribution in [0.2, 0.25) is 10.0 Å². The number of piperazine rings is 1. The lowest BCUT2D eigenvalue weighted by atomic mass is 10.2. The molecule has 0 saturated carbocycles. The molecule has 1 N–H and O–H groups in total. The number of carbonyl (C=O) groups excluding carboxylic acids is 2. The van der Waals surface area contributed by atoms with Gasteiger partial charge in [-0.05, 0) is 24.3 Å². The van der Waals surface area contributed by atoms with Gasteiger partial charge in [-0.2, -0.15) is 9.78 Å². The molecule has 1 saturated heterocycles. The van der Waals surface area contributed by atoms with Gasteiger partial charge in [-0.15, -0.1) is 0 Å². The van der Waals surface area contributed by atoms with Crippen LogP contribution in [0.1, 0.15) is 10.4 Å². The smallest absolute Gasteiger partial charge is 0.292 e. The summed E-state index contributed by atoms with van der Waals surface area (Å²) in [4.78, 5) is 41.1. The normalized spacial score (nSPS) is 13.6. The summed E-state index contributed by atoms with van der Waals surface area (Å²) in [6, 6.07) is 15.7. The number of hydrogen-bond acceptors (Lipinski definition) is 5. The summed E-state index contributed by atoms with van der Waals surface area (Å²) < 4.78 is 1.26. The van der Waals surface area contributed by atoms with Crippen molar-refractivity contribution in [2.45, 2.75) is 0 Å². The lowest BCUT2D eigenvalue weighted by Gasteiger charge is -2.36. The molecule has 170 valence electrons. The molecule has 8 nitrogen and oxygen atoms in total. The predicted octanol–water partition coefficient (Wildman–Crippen LogP) is 2.62. The molecule has 33 heavy (non-hydrogen) atoms. The minimum atomic E-state index is -0.402. The number of halogens is 2. The second-order valence-corrected chi connectivity index (χ2v) is 8.21. The first-order chi connectivity index (χ1) is 16.0. The van der Waals surface area contributed by atoms with Crippen LogP contribution >= 0.6 is 23.2 Å². The number of anilines is 1. The van der Waals surface area contributed by atoms with Gasteiger partial charge in [0.05, 0.1) is 34.7 Å². The molecule has 2 aromatic carbocycles. The summed E-state index contributed by atoms with van der Waals surface area (Å²) in [5.74, 6) is -0.594. The maximum absolute atomic E-state index is 12.7. The van der Waals surface area contributed by atoms with Gasteiger partial charge in [0.15, 0.2) is 0 Å². The van der Waals surface area contributed by atoms with Crippen LogP contribution in [0.25, 0.3) is 5.69 Å². The van der Waals surface area contributed by atoms with Gasteiger partial charge in [-0.25, -0.2) is 0 Å². The van der Waals surface area contributed by atoms with Crippen LogP contribution in [-0.4, -0.2) is 59.2 Å². The van der Waals surface area contributed by atoms with Crippen molar-refractivity contribution < 1.29 is 9.59 Å². The zero-order chi connectivity index (χ0) is 23.4. The van der Waals surface area contributed by atoms with Gasteiger partial charge in [0.1, 0.15) is 5.02 Å². The maximum Gasteiger partial charge on any atom is 0.292 e. The van der Waals surface area contributed by atoms with Gasteiger partial charge >= 0.3 is 0 Å². The van der Waals surface area contributed by atoms with E-state index in [1.165, 1.54) is 4.68 Å². The van der Waals surface area contributed by atoms with Crippen molar-refractivity contribution in [2.24, 2.45) is 0 Å². The van der Waals surface area contributed by atoms with Crippen molar-refractivity contribution in [1.82, 2.24) is 20.0 Å². The fraction of sp³-hybridized carbons (Fsp3) is 0.217. The largest absolute Gasteiger partial charge is 0.365 e. The van der Waals surface area contributed by atoms with Crippen LogP contribution < -0.4 is 15.8 Å². The third-order valence-corrected chi connectivity index (χ3v) is 6.08. The molecule has 0 aliphatic carbocycles. The van der Waals surface area contributed by atoms with E-state index in [4.69, 9.17) is 23.2 Å². The zero-order valence-electron chi connectivity index (χ0n) is 17.6. The molecule has 1 aliphatic heterocycles. The summed E-state index contributed by atoms with van der Waals surface area (Å²) in [5.41, 5.74) is 1.09. The number of nitrogens with one attached hydrogen (secondary N) is 1. The van der Waals surface area contributed by atoms with Crippen LogP contribution in [0.5, 0.6) is 0 Å². The maximum atomic E-state index is 12.7. The number of para-hydroxylation sites is 1. The first kappa shape index (κ1) is 22.8. The molecular weight excluding hydrogens is 465 g/mol. The third-order valence-electron chi connectivity index (χ3n) is 5.39. The molecule has 0 bridgehead atoms. The van der Waals surface area contributed by atoms with Gasteiger partial charge in [-0.1, -0.05) is 53.5 Å². The van der Waals surface area contributed by atoms with Crippen LogP contribution in [0.3, 0.4) is 0 Å². The second-order valence-electron chi connectivity index (χ2n) is 7.43. The highest BCUT2D eigenvalue weighted by Crippen LogP contribution is 2.23. The summed E-state index contributed by atoms with van der Waals surface area (Å²) in [7, 11) is 0. The van der Waals surface area contributed by atoms with E-state index in [1.807, 2.05) is 23.1 Å². The van der Waals surface area contributed by atoms with Gasteiger partial charge in [0, 0.05) is 26.2 Å². The first-order valence-corrected chi connectivity index (χ1v) is 11.1. The van der Waals surface area contributed by atoms with Crippen molar-refractivity contribution in [1.29, 1.82) is 0 Å². The highest BCUT2D eigenvalue weighted by atomic mass is 35.5. The summed E-state index contributed by atoms with van der Waals surface area (Å²) in [5, 5.41) is 7.29. The Kier molecular flexibility index (Phi) is 6.96. The number of rotatable bonds is 5. The Hall–Kier alpha value is -3.36. The second kappa shape index (κ2) is 10.1. The average molecular weight is 486 g/mol. The van der Waals surface area contributed by atoms with Gasteiger partial charge in [0.2, 0.25) is 5.91 Å². The Labute approximate surface area is 200 Å². The molecule has 4 rings (SSSR count). The molecule has 0 atom stereocenters. The minimum Gasteiger partial charge on any atom is -0.365 e. The Balaban J connectivity index is 1.35. The SMILES string of the molecule is O=C(NCC(=O)N1CCN(c2cnn(-c3ccccc3)c(=O)c2Cl)CC1)c1ccccc1Cl. The quantitative estimate of drug-likeness (QED) is 0.599. The highest BCUT2D eigenvalue weighted by Gasteiger charge is 2.24. The Bertz CT molecular complexity index is 1220. The molecule has 0 spiro atoms. The Morgan fingerprint density at radius 2 is 1.61 bits per heavy atom. The van der Waals surface area contributed by atoms with Crippen molar-refractivity contribution >= 4 is 40.7 Å². The molecule has 1 aromatic heterocycles. The molecule has 2 heterocycles. The van der Waals surface area contributed by atoms with Gasteiger partial charge in [0.25, 0.3) is 11.5 Å². The van der Waals surface area contributed by atoms with Crippen LogP contribution in [0.4, 0.5) is 5.69 Å².